The van der Waals surface area contributed by atoms with Crippen LogP contribution in [0.15, 0.2) is 89.8 Å². The van der Waals surface area contributed by atoms with E-state index in [4.69, 9.17) is 4.74 Å². The predicted octanol–water partition coefficient (Wildman–Crippen LogP) is 4.02. The molecule has 3 rings (SSSR count). The quantitative estimate of drug-likeness (QED) is 0.463. The van der Waals surface area contributed by atoms with Crippen LogP contribution < -0.4 is 10.1 Å². The average molecular weight is 467 g/mol. The fraction of sp³-hybridized carbons (Fsp3) is 0.269. The van der Waals surface area contributed by atoms with Crippen molar-refractivity contribution in [1.82, 2.24) is 9.62 Å². The van der Waals surface area contributed by atoms with Gasteiger partial charge in [0.05, 0.1) is 4.90 Å². The van der Waals surface area contributed by atoms with E-state index < -0.39 is 10.0 Å². The Morgan fingerprint density at radius 3 is 2.09 bits per heavy atom. The van der Waals surface area contributed by atoms with Gasteiger partial charge in [0.15, 0.2) is 6.61 Å². The Kier molecular flexibility index (Phi) is 8.63. The Bertz CT molecular complexity index is 1120. The molecule has 0 aromatic heterocycles. The second kappa shape index (κ2) is 11.6. The summed E-state index contributed by atoms with van der Waals surface area (Å²) in [5, 5.41) is 2.93. The number of nitrogens with zero attached hydrogens (tertiary/aromatic N) is 1. The molecule has 0 aliphatic carbocycles. The Morgan fingerprint density at radius 2 is 1.48 bits per heavy atom. The van der Waals surface area contributed by atoms with Gasteiger partial charge in [0.25, 0.3) is 5.91 Å². The number of carbonyl (C=O) groups excluding carboxylic acids is 1. The van der Waals surface area contributed by atoms with Crippen LogP contribution in [0.2, 0.25) is 0 Å². The Balaban J connectivity index is 1.47. The van der Waals surface area contributed by atoms with Gasteiger partial charge in [0.2, 0.25) is 10.0 Å². The molecule has 0 saturated heterocycles. The molecule has 6 nitrogen and oxygen atoms in total. The van der Waals surface area contributed by atoms with Gasteiger partial charge in [-0.2, -0.15) is 4.31 Å². The number of rotatable bonds is 11. The van der Waals surface area contributed by atoms with Crippen LogP contribution in [0.4, 0.5) is 0 Å². The van der Waals surface area contributed by atoms with Gasteiger partial charge >= 0.3 is 0 Å². The summed E-state index contributed by atoms with van der Waals surface area (Å²) in [5.74, 6) is 0.224. The van der Waals surface area contributed by atoms with Crippen LogP contribution in [-0.2, 0) is 27.8 Å². The molecular formula is C26H30N2O4S. The van der Waals surface area contributed by atoms with Crippen LogP contribution in [0.1, 0.15) is 24.5 Å². The summed E-state index contributed by atoms with van der Waals surface area (Å²) in [6, 6.07) is 25.7. The Morgan fingerprint density at radius 1 is 0.909 bits per heavy atom. The third kappa shape index (κ3) is 7.44. The maximum atomic E-state index is 12.8. The van der Waals surface area contributed by atoms with Crippen molar-refractivity contribution in [3.8, 4) is 5.75 Å². The standard InChI is InChI=1S/C26H30N2O4S/c1-21(13-14-22-9-5-3-6-10-22)27-26(29)20-32-24-15-17-25(18-16-24)33(30,31)28(2)19-23-11-7-4-8-12-23/h3-12,15-18,21H,13-14,19-20H2,1-2H3,(H,27,29)/t21-/m1/s1. The van der Waals surface area contributed by atoms with E-state index in [1.807, 2.05) is 55.5 Å². The first-order valence-electron chi connectivity index (χ1n) is 10.9. The first kappa shape index (κ1) is 24.5. The summed E-state index contributed by atoms with van der Waals surface area (Å²) in [6.45, 7) is 2.12. The topological polar surface area (TPSA) is 75.7 Å². The number of hydrogen-bond donors (Lipinski definition) is 1. The number of ether oxygens (including phenoxy) is 1. The first-order chi connectivity index (χ1) is 15.8. The molecule has 0 heterocycles. The molecule has 1 amide bonds. The Hall–Kier alpha value is -3.16. The number of amides is 1. The van der Waals surface area contributed by atoms with Crippen LogP contribution in [0.25, 0.3) is 0 Å². The molecule has 3 aromatic carbocycles. The molecule has 0 radical (unpaired) electrons. The highest BCUT2D eigenvalue weighted by molar-refractivity contribution is 7.89. The molecule has 7 heteroatoms. The number of nitrogens with one attached hydrogen (secondary N) is 1. The van der Waals surface area contributed by atoms with Gasteiger partial charge in [-0.3, -0.25) is 4.79 Å². The van der Waals surface area contributed by atoms with Gasteiger partial charge in [0, 0.05) is 19.6 Å². The van der Waals surface area contributed by atoms with E-state index in [2.05, 4.69) is 17.4 Å². The molecule has 0 saturated carbocycles. The molecule has 0 bridgehead atoms. The van der Waals surface area contributed by atoms with Crippen LogP contribution in [0.5, 0.6) is 5.75 Å². The van der Waals surface area contributed by atoms with Crippen molar-refractivity contribution < 1.29 is 17.9 Å². The highest BCUT2D eigenvalue weighted by atomic mass is 32.2. The van der Waals surface area contributed by atoms with Crippen molar-refractivity contribution in [2.45, 2.75) is 37.2 Å². The molecule has 1 atom stereocenters. The molecule has 3 aromatic rings. The van der Waals surface area contributed by atoms with Gasteiger partial charge in [-0.15, -0.1) is 0 Å². The SMILES string of the molecule is C[C@H](CCc1ccccc1)NC(=O)COc1ccc(S(=O)(=O)N(C)Cc2ccccc2)cc1. The maximum Gasteiger partial charge on any atom is 0.258 e. The van der Waals surface area contributed by atoms with Gasteiger partial charge in [0.1, 0.15) is 5.75 Å². The minimum Gasteiger partial charge on any atom is -0.484 e. The molecule has 1 N–H and O–H groups in total. The monoisotopic (exact) mass is 466 g/mol. The van der Waals surface area contributed by atoms with Crippen molar-refractivity contribution in [2.75, 3.05) is 13.7 Å². The van der Waals surface area contributed by atoms with Crippen molar-refractivity contribution in [2.24, 2.45) is 0 Å². The van der Waals surface area contributed by atoms with E-state index in [1.165, 1.54) is 22.0 Å². The molecule has 33 heavy (non-hydrogen) atoms. The van der Waals surface area contributed by atoms with E-state index in [9.17, 15) is 13.2 Å². The molecule has 0 fully saturated rings. The van der Waals surface area contributed by atoms with Crippen molar-refractivity contribution in [1.29, 1.82) is 0 Å². The van der Waals surface area contributed by atoms with Crippen LogP contribution in [-0.4, -0.2) is 38.3 Å². The average Bonchev–Trinajstić information content (AvgIpc) is 2.83. The highest BCUT2D eigenvalue weighted by Crippen LogP contribution is 2.20. The molecule has 0 aliphatic rings. The number of sulfonamides is 1. The van der Waals surface area contributed by atoms with E-state index in [0.717, 1.165) is 18.4 Å². The lowest BCUT2D eigenvalue weighted by molar-refractivity contribution is -0.123. The third-order valence-electron chi connectivity index (χ3n) is 5.27. The summed E-state index contributed by atoms with van der Waals surface area (Å²) in [7, 11) is -2.08. The smallest absolute Gasteiger partial charge is 0.258 e. The summed E-state index contributed by atoms with van der Waals surface area (Å²) >= 11 is 0. The fourth-order valence-corrected chi connectivity index (χ4v) is 4.54. The van der Waals surface area contributed by atoms with Crippen LogP contribution in [0, 0.1) is 0 Å². The third-order valence-corrected chi connectivity index (χ3v) is 7.08. The molecule has 0 spiro atoms. The molecule has 0 aliphatic heterocycles. The van der Waals surface area contributed by atoms with Gasteiger partial charge in [-0.25, -0.2) is 8.42 Å². The fourth-order valence-electron chi connectivity index (χ4n) is 3.38. The minimum absolute atomic E-state index is 0.0222. The Labute approximate surface area is 196 Å². The molecule has 0 unspecified atom stereocenters. The molecular weight excluding hydrogens is 436 g/mol. The van der Waals surface area contributed by atoms with Gasteiger partial charge in [-0.1, -0.05) is 60.7 Å². The van der Waals surface area contributed by atoms with Gasteiger partial charge in [-0.05, 0) is 55.2 Å². The van der Waals surface area contributed by atoms with E-state index in [-0.39, 0.29) is 30.0 Å². The van der Waals surface area contributed by atoms with Crippen LogP contribution in [0.3, 0.4) is 0 Å². The second-order valence-corrected chi connectivity index (χ2v) is 10.0. The zero-order valence-corrected chi connectivity index (χ0v) is 19.8. The van der Waals surface area contributed by atoms with Crippen LogP contribution >= 0.6 is 0 Å². The second-order valence-electron chi connectivity index (χ2n) is 8.00. The zero-order chi connectivity index (χ0) is 23.7. The minimum atomic E-state index is -3.63. The largest absolute Gasteiger partial charge is 0.484 e. The van der Waals surface area contributed by atoms with E-state index in [1.54, 1.807) is 19.2 Å². The lowest BCUT2D eigenvalue weighted by Gasteiger charge is -2.17. The zero-order valence-electron chi connectivity index (χ0n) is 19.0. The number of aryl methyl sites for hydroxylation is 1. The van der Waals surface area contributed by atoms with E-state index >= 15 is 0 Å². The predicted molar refractivity (Wildman–Crippen MR) is 129 cm³/mol. The summed E-state index contributed by atoms with van der Waals surface area (Å²) < 4.78 is 32.5. The number of benzene rings is 3. The number of carbonyl (C=O) groups is 1. The van der Waals surface area contributed by atoms with Crippen molar-refractivity contribution >= 4 is 15.9 Å². The van der Waals surface area contributed by atoms with Crippen molar-refractivity contribution in [3.63, 3.8) is 0 Å². The first-order valence-corrected chi connectivity index (χ1v) is 12.3. The number of hydrogen-bond acceptors (Lipinski definition) is 4. The molecule has 174 valence electrons. The highest BCUT2D eigenvalue weighted by Gasteiger charge is 2.21. The summed E-state index contributed by atoms with van der Waals surface area (Å²) in [5.41, 5.74) is 2.15. The maximum absolute atomic E-state index is 12.8. The van der Waals surface area contributed by atoms with Gasteiger partial charge < -0.3 is 10.1 Å². The summed E-state index contributed by atoms with van der Waals surface area (Å²) in [4.78, 5) is 12.4. The lowest BCUT2D eigenvalue weighted by atomic mass is 10.1. The lowest BCUT2D eigenvalue weighted by Crippen LogP contribution is -2.36. The van der Waals surface area contributed by atoms with Crippen molar-refractivity contribution in [3.05, 3.63) is 96.1 Å². The summed E-state index contributed by atoms with van der Waals surface area (Å²) in [6.07, 6.45) is 1.72. The normalized spacial score (nSPS) is 12.3. The van der Waals surface area contributed by atoms with E-state index in [0.29, 0.717) is 5.75 Å².